The third-order valence-corrected chi connectivity index (χ3v) is 3.82. The fraction of sp³-hybridized carbons (Fsp3) is 1.00. The summed E-state index contributed by atoms with van der Waals surface area (Å²) in [7, 11) is -1.67. The predicted octanol–water partition coefficient (Wildman–Crippen LogP) is 0.552. The SMILES string of the molecule is CCCCN(C)S(=O)(=O)NCCNCCC. The number of rotatable bonds is 10. The summed E-state index contributed by atoms with van der Waals surface area (Å²) in [6.45, 7) is 6.74. The van der Waals surface area contributed by atoms with Crippen LogP contribution in [0.5, 0.6) is 0 Å². The van der Waals surface area contributed by atoms with Gasteiger partial charge < -0.3 is 5.32 Å². The second kappa shape index (κ2) is 8.92. The van der Waals surface area contributed by atoms with Gasteiger partial charge in [-0.1, -0.05) is 20.3 Å². The van der Waals surface area contributed by atoms with E-state index in [0.717, 1.165) is 25.8 Å². The third-order valence-electron chi connectivity index (χ3n) is 2.25. The van der Waals surface area contributed by atoms with Crippen molar-refractivity contribution in [2.75, 3.05) is 33.2 Å². The Hall–Kier alpha value is -0.170. The van der Waals surface area contributed by atoms with Crippen molar-refractivity contribution < 1.29 is 8.42 Å². The molecule has 0 aliphatic rings. The van der Waals surface area contributed by atoms with Crippen LogP contribution < -0.4 is 10.0 Å². The lowest BCUT2D eigenvalue weighted by atomic mass is 10.3. The number of hydrogen-bond donors (Lipinski definition) is 2. The summed E-state index contributed by atoms with van der Waals surface area (Å²) in [6, 6.07) is 0. The molecule has 5 nitrogen and oxygen atoms in total. The van der Waals surface area contributed by atoms with Gasteiger partial charge in [0, 0.05) is 26.7 Å². The molecular formula is C10H25N3O2S. The van der Waals surface area contributed by atoms with Gasteiger partial charge in [-0.2, -0.15) is 12.7 Å². The van der Waals surface area contributed by atoms with Crippen LogP contribution in [-0.2, 0) is 10.2 Å². The van der Waals surface area contributed by atoms with Crippen molar-refractivity contribution in [3.05, 3.63) is 0 Å². The summed E-state index contributed by atoms with van der Waals surface area (Å²) < 4.78 is 27.2. The quantitative estimate of drug-likeness (QED) is 0.558. The van der Waals surface area contributed by atoms with Gasteiger partial charge in [-0.05, 0) is 19.4 Å². The standard InChI is InChI=1S/C10H25N3O2S/c1-4-6-10-13(3)16(14,15)12-9-8-11-7-5-2/h11-12H,4-10H2,1-3H3. The highest BCUT2D eigenvalue weighted by Gasteiger charge is 2.15. The maximum Gasteiger partial charge on any atom is 0.279 e. The molecule has 0 saturated heterocycles. The molecule has 0 unspecified atom stereocenters. The molecule has 0 fully saturated rings. The van der Waals surface area contributed by atoms with Gasteiger partial charge in [-0.25, -0.2) is 4.72 Å². The Balaban J connectivity index is 3.77. The summed E-state index contributed by atoms with van der Waals surface area (Å²) in [6.07, 6.45) is 2.95. The lowest BCUT2D eigenvalue weighted by Crippen LogP contribution is -2.41. The van der Waals surface area contributed by atoms with Crippen LogP contribution in [0.3, 0.4) is 0 Å². The summed E-state index contributed by atoms with van der Waals surface area (Å²) in [5.41, 5.74) is 0. The number of nitrogens with zero attached hydrogens (tertiary/aromatic N) is 1. The minimum absolute atomic E-state index is 0.443. The summed E-state index contributed by atoms with van der Waals surface area (Å²) >= 11 is 0. The van der Waals surface area contributed by atoms with Crippen molar-refractivity contribution in [2.45, 2.75) is 33.1 Å². The van der Waals surface area contributed by atoms with Crippen LogP contribution in [0.2, 0.25) is 0 Å². The minimum Gasteiger partial charge on any atom is -0.315 e. The zero-order valence-electron chi connectivity index (χ0n) is 10.6. The Bertz CT molecular complexity index is 255. The molecule has 0 saturated carbocycles. The van der Waals surface area contributed by atoms with Crippen LogP contribution in [0.25, 0.3) is 0 Å². The molecule has 0 heterocycles. The first kappa shape index (κ1) is 15.8. The molecule has 0 aliphatic heterocycles. The molecule has 0 aliphatic carbocycles. The smallest absolute Gasteiger partial charge is 0.279 e. The molecule has 98 valence electrons. The monoisotopic (exact) mass is 251 g/mol. The van der Waals surface area contributed by atoms with Crippen LogP contribution in [0, 0.1) is 0 Å². The molecule has 0 aromatic heterocycles. The van der Waals surface area contributed by atoms with E-state index in [-0.39, 0.29) is 0 Å². The van der Waals surface area contributed by atoms with E-state index in [9.17, 15) is 8.42 Å². The minimum atomic E-state index is -3.28. The average Bonchev–Trinajstić information content (AvgIpc) is 2.25. The molecule has 0 aromatic carbocycles. The van der Waals surface area contributed by atoms with E-state index in [1.165, 1.54) is 4.31 Å². The van der Waals surface area contributed by atoms with Gasteiger partial charge in [-0.15, -0.1) is 0 Å². The first-order valence-corrected chi connectivity index (χ1v) is 7.40. The highest BCUT2D eigenvalue weighted by molar-refractivity contribution is 7.87. The van der Waals surface area contributed by atoms with Crippen LogP contribution in [-0.4, -0.2) is 45.9 Å². The zero-order chi connectivity index (χ0) is 12.4. The van der Waals surface area contributed by atoms with Crippen molar-refractivity contribution in [1.82, 2.24) is 14.3 Å². The molecule has 16 heavy (non-hydrogen) atoms. The molecular weight excluding hydrogens is 226 g/mol. The van der Waals surface area contributed by atoms with Gasteiger partial charge in [0.25, 0.3) is 10.2 Å². The first-order valence-electron chi connectivity index (χ1n) is 5.96. The highest BCUT2D eigenvalue weighted by Crippen LogP contribution is 1.97. The van der Waals surface area contributed by atoms with Crippen molar-refractivity contribution >= 4 is 10.2 Å². The molecule has 0 rings (SSSR count). The average molecular weight is 251 g/mol. The Morgan fingerprint density at radius 3 is 2.31 bits per heavy atom. The van der Waals surface area contributed by atoms with E-state index < -0.39 is 10.2 Å². The third kappa shape index (κ3) is 7.16. The van der Waals surface area contributed by atoms with Crippen molar-refractivity contribution in [3.63, 3.8) is 0 Å². The van der Waals surface area contributed by atoms with E-state index in [4.69, 9.17) is 0 Å². The van der Waals surface area contributed by atoms with Gasteiger partial charge in [0.1, 0.15) is 0 Å². The molecule has 0 bridgehead atoms. The molecule has 0 atom stereocenters. The highest BCUT2D eigenvalue weighted by atomic mass is 32.2. The second-order valence-corrected chi connectivity index (χ2v) is 5.69. The van der Waals surface area contributed by atoms with Gasteiger partial charge in [-0.3, -0.25) is 0 Å². The van der Waals surface area contributed by atoms with Gasteiger partial charge in [0.05, 0.1) is 0 Å². The van der Waals surface area contributed by atoms with Gasteiger partial charge in [0.15, 0.2) is 0 Å². The van der Waals surface area contributed by atoms with E-state index >= 15 is 0 Å². The second-order valence-electron chi connectivity index (χ2n) is 3.82. The molecule has 0 amide bonds. The number of hydrogen-bond acceptors (Lipinski definition) is 3. The Kier molecular flexibility index (Phi) is 8.83. The lowest BCUT2D eigenvalue weighted by Gasteiger charge is -2.17. The number of unbranched alkanes of at least 4 members (excludes halogenated alkanes) is 1. The maximum atomic E-state index is 11.7. The topological polar surface area (TPSA) is 61.4 Å². The van der Waals surface area contributed by atoms with Crippen molar-refractivity contribution in [3.8, 4) is 0 Å². The zero-order valence-corrected chi connectivity index (χ0v) is 11.4. The summed E-state index contributed by atoms with van der Waals surface area (Å²) in [5, 5.41) is 3.14. The molecule has 0 aromatic rings. The van der Waals surface area contributed by atoms with Crippen LogP contribution >= 0.6 is 0 Å². The Morgan fingerprint density at radius 1 is 1.06 bits per heavy atom. The van der Waals surface area contributed by atoms with E-state index in [1.54, 1.807) is 7.05 Å². The van der Waals surface area contributed by atoms with Gasteiger partial charge in [0.2, 0.25) is 0 Å². The van der Waals surface area contributed by atoms with E-state index in [0.29, 0.717) is 19.6 Å². The molecule has 6 heteroatoms. The van der Waals surface area contributed by atoms with Crippen LogP contribution in [0.4, 0.5) is 0 Å². The van der Waals surface area contributed by atoms with Gasteiger partial charge >= 0.3 is 0 Å². The summed E-state index contributed by atoms with van der Waals surface area (Å²) in [5.74, 6) is 0. The fourth-order valence-corrected chi connectivity index (χ4v) is 2.13. The number of nitrogens with one attached hydrogen (secondary N) is 2. The lowest BCUT2D eigenvalue weighted by molar-refractivity contribution is 0.448. The fourth-order valence-electron chi connectivity index (χ4n) is 1.18. The molecule has 0 radical (unpaired) electrons. The van der Waals surface area contributed by atoms with E-state index in [1.807, 2.05) is 6.92 Å². The maximum absolute atomic E-state index is 11.7. The van der Waals surface area contributed by atoms with E-state index in [2.05, 4.69) is 17.0 Å². The normalized spacial score (nSPS) is 12.2. The molecule has 2 N–H and O–H groups in total. The first-order chi connectivity index (χ1) is 7.54. The van der Waals surface area contributed by atoms with Crippen LogP contribution in [0.1, 0.15) is 33.1 Å². The van der Waals surface area contributed by atoms with Crippen LogP contribution in [0.15, 0.2) is 0 Å². The molecule has 0 spiro atoms. The summed E-state index contributed by atoms with van der Waals surface area (Å²) in [4.78, 5) is 0. The Morgan fingerprint density at radius 2 is 1.75 bits per heavy atom. The largest absolute Gasteiger partial charge is 0.315 e. The predicted molar refractivity (Wildman–Crippen MR) is 67.6 cm³/mol. The Labute approximate surface area is 99.8 Å². The van der Waals surface area contributed by atoms with Crippen molar-refractivity contribution in [2.24, 2.45) is 0 Å². The van der Waals surface area contributed by atoms with Crippen molar-refractivity contribution in [1.29, 1.82) is 0 Å².